The van der Waals surface area contributed by atoms with Crippen LogP contribution in [0.15, 0.2) is 30.3 Å². The number of carbonyl (C=O) groups is 1. The van der Waals surface area contributed by atoms with Crippen LogP contribution in [0.1, 0.15) is 18.4 Å². The van der Waals surface area contributed by atoms with Crippen LogP contribution in [-0.4, -0.2) is 37.0 Å². The summed E-state index contributed by atoms with van der Waals surface area (Å²) in [4.78, 5) is 12.9. The van der Waals surface area contributed by atoms with E-state index >= 15 is 0 Å². The summed E-state index contributed by atoms with van der Waals surface area (Å²) in [5.74, 6) is -2.81. The van der Waals surface area contributed by atoms with Crippen molar-refractivity contribution in [3.05, 3.63) is 35.9 Å². The van der Waals surface area contributed by atoms with Gasteiger partial charge >= 0.3 is 0 Å². The average Bonchev–Trinajstić information content (AvgIpc) is 2.41. The van der Waals surface area contributed by atoms with Gasteiger partial charge in [-0.3, -0.25) is 4.79 Å². The molecule has 1 heterocycles. The number of hydrogen-bond acceptors (Lipinski definition) is 2. The van der Waals surface area contributed by atoms with E-state index in [0.717, 1.165) is 0 Å². The predicted octanol–water partition coefficient (Wildman–Crippen LogP) is 1.99. The van der Waals surface area contributed by atoms with Crippen LogP contribution in [-0.2, 0) is 10.7 Å². The highest BCUT2D eigenvalue weighted by atomic mass is 19.3. The fourth-order valence-electron chi connectivity index (χ4n) is 2.24. The fraction of sp³-hybridized carbons (Fsp3) is 0.500. The molecule has 1 aromatic rings. The molecule has 0 saturated carbocycles. The number of hydrogen-bond donors (Lipinski definition) is 1. The standard InChI is InChI=1S/C14H18F2N2O/c1-18-9-12(7-8-13(18)19)17-10-14(15,16)11-5-3-2-4-6-11/h2-6,12,17H,7-10H2,1H3. The number of likely N-dealkylation sites (N-methyl/N-ethyl adjacent to an activating group) is 1. The number of nitrogens with zero attached hydrogens (tertiary/aromatic N) is 1. The van der Waals surface area contributed by atoms with Crippen molar-refractivity contribution in [2.24, 2.45) is 0 Å². The lowest BCUT2D eigenvalue weighted by molar-refractivity contribution is -0.132. The van der Waals surface area contributed by atoms with Gasteiger partial charge in [0.05, 0.1) is 6.54 Å². The van der Waals surface area contributed by atoms with Crippen molar-refractivity contribution < 1.29 is 13.6 Å². The Kier molecular flexibility index (Phi) is 4.14. The van der Waals surface area contributed by atoms with Crippen LogP contribution in [0.3, 0.4) is 0 Å². The summed E-state index contributed by atoms with van der Waals surface area (Å²) < 4.78 is 27.9. The molecule has 0 aliphatic carbocycles. The third kappa shape index (κ3) is 3.50. The van der Waals surface area contributed by atoms with Crippen molar-refractivity contribution in [2.75, 3.05) is 20.1 Å². The Balaban J connectivity index is 1.90. The zero-order chi connectivity index (χ0) is 13.9. The molecule has 0 spiro atoms. The maximum atomic E-state index is 13.9. The number of carbonyl (C=O) groups excluding carboxylic acids is 1. The van der Waals surface area contributed by atoms with Gasteiger partial charge in [-0.1, -0.05) is 30.3 Å². The van der Waals surface area contributed by atoms with Crippen LogP contribution < -0.4 is 5.32 Å². The molecule has 0 aromatic heterocycles. The minimum Gasteiger partial charge on any atom is -0.344 e. The molecule has 1 fully saturated rings. The normalized spacial score (nSPS) is 20.7. The molecule has 1 unspecified atom stereocenters. The summed E-state index contributed by atoms with van der Waals surface area (Å²) in [5.41, 5.74) is 0.0164. The lowest BCUT2D eigenvalue weighted by Crippen LogP contribution is -2.48. The number of nitrogens with one attached hydrogen (secondary N) is 1. The molecule has 1 aliphatic rings. The number of benzene rings is 1. The van der Waals surface area contributed by atoms with E-state index in [1.54, 1.807) is 30.1 Å². The first-order chi connectivity index (χ1) is 8.99. The molecule has 1 atom stereocenters. The number of likely N-dealkylation sites (tertiary alicyclic amines) is 1. The summed E-state index contributed by atoms with van der Waals surface area (Å²) in [6.45, 7) is 0.0907. The summed E-state index contributed by atoms with van der Waals surface area (Å²) in [7, 11) is 1.70. The summed E-state index contributed by atoms with van der Waals surface area (Å²) in [5, 5.41) is 2.87. The minimum absolute atomic E-state index is 0.0164. The molecule has 1 amide bonds. The second kappa shape index (κ2) is 5.65. The highest BCUT2D eigenvalue weighted by Crippen LogP contribution is 2.27. The number of alkyl halides is 2. The van der Waals surface area contributed by atoms with Crippen molar-refractivity contribution in [1.82, 2.24) is 10.2 Å². The largest absolute Gasteiger partial charge is 0.344 e. The smallest absolute Gasteiger partial charge is 0.285 e. The molecule has 19 heavy (non-hydrogen) atoms. The molecular weight excluding hydrogens is 250 g/mol. The first-order valence-corrected chi connectivity index (χ1v) is 6.40. The van der Waals surface area contributed by atoms with Gasteiger partial charge < -0.3 is 10.2 Å². The van der Waals surface area contributed by atoms with Crippen molar-refractivity contribution in [3.63, 3.8) is 0 Å². The zero-order valence-corrected chi connectivity index (χ0v) is 10.9. The molecular formula is C14H18F2N2O. The molecule has 1 saturated heterocycles. The van der Waals surface area contributed by atoms with Crippen LogP contribution in [0.2, 0.25) is 0 Å². The van der Waals surface area contributed by atoms with E-state index in [1.807, 2.05) is 0 Å². The number of amides is 1. The van der Waals surface area contributed by atoms with Crippen LogP contribution in [0.25, 0.3) is 0 Å². The monoisotopic (exact) mass is 268 g/mol. The van der Waals surface area contributed by atoms with E-state index < -0.39 is 12.5 Å². The van der Waals surface area contributed by atoms with Crippen molar-refractivity contribution in [3.8, 4) is 0 Å². The van der Waals surface area contributed by atoms with Crippen LogP contribution in [0.4, 0.5) is 8.78 Å². The van der Waals surface area contributed by atoms with Gasteiger partial charge in [0.25, 0.3) is 5.92 Å². The third-order valence-electron chi connectivity index (χ3n) is 3.44. The van der Waals surface area contributed by atoms with Gasteiger partial charge in [0.1, 0.15) is 0 Å². The van der Waals surface area contributed by atoms with E-state index in [0.29, 0.717) is 19.4 Å². The highest BCUT2D eigenvalue weighted by molar-refractivity contribution is 5.76. The molecule has 1 aliphatic heterocycles. The lowest BCUT2D eigenvalue weighted by atomic mass is 10.0. The van der Waals surface area contributed by atoms with Crippen LogP contribution in [0.5, 0.6) is 0 Å². The van der Waals surface area contributed by atoms with Gasteiger partial charge in [-0.05, 0) is 6.42 Å². The number of halogens is 2. The maximum Gasteiger partial charge on any atom is 0.285 e. The van der Waals surface area contributed by atoms with Crippen molar-refractivity contribution in [2.45, 2.75) is 24.8 Å². The minimum atomic E-state index is -2.89. The quantitative estimate of drug-likeness (QED) is 0.905. The Labute approximate surface area is 111 Å². The number of rotatable bonds is 4. The Morgan fingerprint density at radius 2 is 2.05 bits per heavy atom. The molecule has 104 valence electrons. The van der Waals surface area contributed by atoms with E-state index in [9.17, 15) is 13.6 Å². The second-order valence-corrected chi connectivity index (χ2v) is 4.96. The topological polar surface area (TPSA) is 32.3 Å². The van der Waals surface area contributed by atoms with E-state index in [4.69, 9.17) is 0 Å². The lowest BCUT2D eigenvalue weighted by Gasteiger charge is -2.31. The van der Waals surface area contributed by atoms with E-state index in [2.05, 4.69) is 5.32 Å². The van der Waals surface area contributed by atoms with E-state index in [1.165, 1.54) is 12.1 Å². The van der Waals surface area contributed by atoms with Gasteiger partial charge in [-0.25, -0.2) is 0 Å². The molecule has 0 bridgehead atoms. The average molecular weight is 268 g/mol. The SMILES string of the molecule is CN1CC(NCC(F)(F)c2ccccc2)CCC1=O. The fourth-order valence-corrected chi connectivity index (χ4v) is 2.24. The predicted molar refractivity (Wildman–Crippen MR) is 69.0 cm³/mol. The Bertz CT molecular complexity index is 436. The van der Waals surface area contributed by atoms with Crippen LogP contribution >= 0.6 is 0 Å². The summed E-state index contributed by atoms with van der Waals surface area (Å²) >= 11 is 0. The van der Waals surface area contributed by atoms with Gasteiger partial charge in [0.2, 0.25) is 5.91 Å². The molecule has 2 rings (SSSR count). The number of piperidine rings is 1. The highest BCUT2D eigenvalue weighted by Gasteiger charge is 2.33. The van der Waals surface area contributed by atoms with Crippen molar-refractivity contribution >= 4 is 5.91 Å². The Morgan fingerprint density at radius 3 is 2.68 bits per heavy atom. The van der Waals surface area contributed by atoms with Crippen molar-refractivity contribution in [1.29, 1.82) is 0 Å². The van der Waals surface area contributed by atoms with Gasteiger partial charge in [-0.2, -0.15) is 8.78 Å². The summed E-state index contributed by atoms with van der Waals surface area (Å²) in [6, 6.07) is 7.73. The third-order valence-corrected chi connectivity index (χ3v) is 3.44. The van der Waals surface area contributed by atoms with Gasteiger partial charge in [0, 0.05) is 31.6 Å². The molecule has 1 aromatic carbocycles. The first-order valence-electron chi connectivity index (χ1n) is 6.40. The Hall–Kier alpha value is -1.49. The molecule has 3 nitrogen and oxygen atoms in total. The maximum absolute atomic E-state index is 13.9. The van der Waals surface area contributed by atoms with E-state index in [-0.39, 0.29) is 17.5 Å². The van der Waals surface area contributed by atoms with Gasteiger partial charge in [-0.15, -0.1) is 0 Å². The molecule has 5 heteroatoms. The Morgan fingerprint density at radius 1 is 1.37 bits per heavy atom. The molecule has 0 radical (unpaired) electrons. The molecule has 1 N–H and O–H groups in total. The van der Waals surface area contributed by atoms with Crippen LogP contribution in [0, 0.1) is 0 Å². The second-order valence-electron chi connectivity index (χ2n) is 4.96. The summed E-state index contributed by atoms with van der Waals surface area (Å²) in [6.07, 6.45) is 1.04. The van der Waals surface area contributed by atoms with Gasteiger partial charge in [0.15, 0.2) is 0 Å². The zero-order valence-electron chi connectivity index (χ0n) is 10.9. The first kappa shape index (κ1) is 13.9.